The summed E-state index contributed by atoms with van der Waals surface area (Å²) in [4.78, 5) is 49.1. The van der Waals surface area contributed by atoms with Crippen LogP contribution in [0.3, 0.4) is 0 Å². The SMILES string of the molecule is CO[C@@]1(NC(=O)CS(=O)C[C@@H](N)C(=O)O)C(=O)N2C(C(=O)[O-])=C(CSc3nnnn3C)CS[C@@H]21.[Na+]. The molecule has 2 amide bonds. The van der Waals surface area contributed by atoms with Crippen LogP contribution in [0.1, 0.15) is 0 Å². The Labute approximate surface area is 231 Å². The van der Waals surface area contributed by atoms with Crippen molar-refractivity contribution in [2.75, 3.05) is 30.1 Å². The molecular formula is C16H20N7NaO8S3. The van der Waals surface area contributed by atoms with E-state index in [1.807, 2.05) is 0 Å². The molecule has 0 spiro atoms. The molecule has 0 bridgehead atoms. The fraction of sp³-hybridized carbons (Fsp3) is 0.562. The van der Waals surface area contributed by atoms with Crippen LogP contribution >= 0.6 is 23.5 Å². The summed E-state index contributed by atoms with van der Waals surface area (Å²) in [5, 5.41) is 33.6. The molecule has 1 fully saturated rings. The second kappa shape index (κ2) is 12.1. The zero-order chi connectivity index (χ0) is 25.2. The van der Waals surface area contributed by atoms with Crippen LogP contribution in [-0.4, -0.2) is 105 Å². The molecule has 2 aliphatic heterocycles. The Morgan fingerprint density at radius 2 is 2.17 bits per heavy atom. The van der Waals surface area contributed by atoms with Crippen molar-refractivity contribution >= 4 is 58.1 Å². The van der Waals surface area contributed by atoms with Crippen LogP contribution in [0.4, 0.5) is 0 Å². The van der Waals surface area contributed by atoms with Crippen molar-refractivity contribution < 1.29 is 67.9 Å². The molecule has 1 saturated heterocycles. The van der Waals surface area contributed by atoms with Gasteiger partial charge in [0.2, 0.25) is 11.1 Å². The van der Waals surface area contributed by atoms with Crippen molar-refractivity contribution in [3.8, 4) is 0 Å². The van der Waals surface area contributed by atoms with E-state index in [4.69, 9.17) is 15.6 Å². The average Bonchev–Trinajstić information content (AvgIpc) is 3.19. The molecule has 1 unspecified atom stereocenters. The van der Waals surface area contributed by atoms with Crippen LogP contribution in [0.15, 0.2) is 16.4 Å². The van der Waals surface area contributed by atoms with Crippen LogP contribution in [0, 0.1) is 0 Å². The van der Waals surface area contributed by atoms with E-state index in [-0.39, 0.29) is 46.8 Å². The molecule has 19 heteroatoms. The molecule has 1 aromatic heterocycles. The van der Waals surface area contributed by atoms with Crippen molar-refractivity contribution in [1.82, 2.24) is 30.4 Å². The Hall–Kier alpha value is -1.54. The van der Waals surface area contributed by atoms with Gasteiger partial charge in [-0.25, -0.2) is 4.68 Å². The number of carbonyl (C=O) groups is 4. The predicted molar refractivity (Wildman–Crippen MR) is 116 cm³/mol. The number of aromatic nitrogens is 4. The van der Waals surface area contributed by atoms with Gasteiger partial charge in [0.15, 0.2) is 0 Å². The maximum Gasteiger partial charge on any atom is 1.00 e. The maximum absolute atomic E-state index is 13.0. The van der Waals surface area contributed by atoms with Crippen molar-refractivity contribution in [2.45, 2.75) is 22.3 Å². The molecular weight excluding hydrogens is 537 g/mol. The van der Waals surface area contributed by atoms with E-state index in [2.05, 4.69) is 20.8 Å². The van der Waals surface area contributed by atoms with Crippen molar-refractivity contribution in [3.05, 3.63) is 11.3 Å². The summed E-state index contributed by atoms with van der Waals surface area (Å²) in [5.74, 6) is -5.32. The minimum atomic E-state index is -1.92. The van der Waals surface area contributed by atoms with Gasteiger partial charge >= 0.3 is 35.5 Å². The Morgan fingerprint density at radius 3 is 2.71 bits per heavy atom. The summed E-state index contributed by atoms with van der Waals surface area (Å²) < 4.78 is 18.8. The molecule has 3 heterocycles. The summed E-state index contributed by atoms with van der Waals surface area (Å²) in [7, 11) is 0.878. The molecule has 2 aliphatic rings. The second-order valence-corrected chi connectivity index (χ2v) is 10.6. The first-order valence-electron chi connectivity index (χ1n) is 9.45. The number of nitrogens with one attached hydrogen (secondary N) is 1. The van der Waals surface area contributed by atoms with Crippen LogP contribution in [-0.2, 0) is 41.8 Å². The third-order valence-corrected chi connectivity index (χ3v) is 8.67. The van der Waals surface area contributed by atoms with Crippen LogP contribution in [0.25, 0.3) is 0 Å². The summed E-state index contributed by atoms with van der Waals surface area (Å²) >= 11 is 2.34. The van der Waals surface area contributed by atoms with Crippen molar-refractivity contribution in [2.24, 2.45) is 12.8 Å². The van der Waals surface area contributed by atoms with Gasteiger partial charge in [-0.15, -0.1) is 16.9 Å². The number of carbonyl (C=O) groups excluding carboxylic acids is 3. The van der Waals surface area contributed by atoms with Crippen LogP contribution in [0.2, 0.25) is 0 Å². The van der Waals surface area contributed by atoms with Gasteiger partial charge < -0.3 is 30.8 Å². The Balaban J connectivity index is 0.00000432. The molecule has 4 N–H and O–H groups in total. The number of rotatable bonds is 11. The number of nitrogens with zero attached hydrogens (tertiary/aromatic N) is 5. The Bertz CT molecular complexity index is 1090. The van der Waals surface area contributed by atoms with Crippen molar-refractivity contribution in [3.63, 3.8) is 0 Å². The third-order valence-electron chi connectivity index (χ3n) is 4.88. The second-order valence-electron chi connectivity index (χ2n) is 7.14. The minimum absolute atomic E-state index is 0. The number of amides is 2. The summed E-state index contributed by atoms with van der Waals surface area (Å²) in [6.07, 6.45) is 0. The van der Waals surface area contributed by atoms with E-state index in [9.17, 15) is 28.5 Å². The van der Waals surface area contributed by atoms with E-state index >= 15 is 0 Å². The molecule has 0 aromatic carbocycles. The molecule has 3 rings (SSSR count). The number of aliphatic carboxylic acids is 2. The predicted octanol–water partition coefficient (Wildman–Crippen LogP) is -7.16. The first kappa shape index (κ1) is 29.7. The van der Waals surface area contributed by atoms with Gasteiger partial charge in [0, 0.05) is 42.2 Å². The molecule has 0 aliphatic carbocycles. The fourth-order valence-electron chi connectivity index (χ4n) is 3.26. The van der Waals surface area contributed by atoms with Gasteiger partial charge in [0.05, 0.1) is 11.7 Å². The van der Waals surface area contributed by atoms with E-state index in [0.717, 1.165) is 4.90 Å². The van der Waals surface area contributed by atoms with E-state index < -0.39 is 63.2 Å². The van der Waals surface area contributed by atoms with E-state index in [0.29, 0.717) is 10.7 Å². The zero-order valence-corrected chi connectivity index (χ0v) is 23.3. The van der Waals surface area contributed by atoms with Gasteiger partial charge in [-0.3, -0.25) is 23.5 Å². The topological polar surface area (TPSA) is 223 Å². The normalized spacial score (nSPS) is 23.0. The number of carboxylic acid groups (broad SMARTS) is 2. The molecule has 1 aromatic rings. The van der Waals surface area contributed by atoms with E-state index in [1.165, 1.54) is 35.3 Å². The number of methoxy groups -OCH3 is 1. The number of tetrazole rings is 1. The Morgan fingerprint density at radius 1 is 1.49 bits per heavy atom. The number of fused-ring (bicyclic) bond motifs is 1. The monoisotopic (exact) mass is 557 g/mol. The van der Waals surface area contributed by atoms with E-state index in [1.54, 1.807) is 7.05 Å². The maximum atomic E-state index is 13.0. The number of thioether (sulfide) groups is 2. The van der Waals surface area contributed by atoms with Gasteiger partial charge in [0.1, 0.15) is 17.2 Å². The average molecular weight is 558 g/mol. The molecule has 35 heavy (non-hydrogen) atoms. The van der Waals surface area contributed by atoms with Crippen LogP contribution in [0.5, 0.6) is 0 Å². The zero-order valence-electron chi connectivity index (χ0n) is 18.8. The largest absolute Gasteiger partial charge is 1.00 e. The quantitative estimate of drug-likeness (QED) is 0.0995. The number of aryl methyl sites for hydroxylation is 1. The fourth-order valence-corrected chi connectivity index (χ4v) is 6.71. The van der Waals surface area contributed by atoms with Gasteiger partial charge in [-0.05, 0) is 16.0 Å². The Kier molecular flexibility index (Phi) is 10.3. The van der Waals surface area contributed by atoms with Crippen LogP contribution < -0.4 is 45.7 Å². The number of nitrogens with two attached hydrogens (primary N) is 1. The van der Waals surface area contributed by atoms with Gasteiger partial charge in [-0.2, -0.15) is 0 Å². The smallest absolute Gasteiger partial charge is 0.543 e. The summed E-state index contributed by atoms with van der Waals surface area (Å²) in [6, 6.07) is -1.41. The summed E-state index contributed by atoms with van der Waals surface area (Å²) in [5.41, 5.74) is 3.52. The number of hydrogen-bond donors (Lipinski definition) is 3. The number of ether oxygens (including phenoxy) is 1. The number of hydrogen-bond acceptors (Lipinski definition) is 13. The van der Waals surface area contributed by atoms with Crippen molar-refractivity contribution in [1.29, 1.82) is 0 Å². The first-order chi connectivity index (χ1) is 16.0. The number of β-lactam (4-membered cyclic amide) rings is 1. The summed E-state index contributed by atoms with van der Waals surface area (Å²) in [6.45, 7) is 0. The molecule has 15 nitrogen and oxygen atoms in total. The van der Waals surface area contributed by atoms with Gasteiger partial charge in [0.25, 0.3) is 11.6 Å². The number of carboxylic acids is 2. The molecule has 186 valence electrons. The minimum Gasteiger partial charge on any atom is -0.543 e. The molecule has 0 radical (unpaired) electrons. The first-order valence-corrected chi connectivity index (χ1v) is 13.0. The standard InChI is InChI=1S/C16H21N7O8S3.Na/c1-22-15(19-20-21-22)33-4-7-3-32-14-16(31-2,13(29)23(14)10(7)12(27)28)18-9(24)6-34(30)5-8(17)11(25)26;/h8,14H,3-6,17H2,1-2H3,(H,18,24)(H,25,26)(H,27,28);/q;+1/p-1/t8-,14-,16+,34?;/m1./s1. The third kappa shape index (κ3) is 6.07. The molecule has 0 saturated carbocycles. The molecule has 4 atom stereocenters. The van der Waals surface area contributed by atoms with Gasteiger partial charge in [-0.1, -0.05) is 11.8 Å².